The molecule has 0 aliphatic rings. The minimum absolute atomic E-state index is 0.0702. The molecule has 3 aromatic rings. The van der Waals surface area contributed by atoms with E-state index < -0.39 is 0 Å². The van der Waals surface area contributed by atoms with Crippen molar-refractivity contribution in [2.45, 2.75) is 13.8 Å². The fraction of sp³-hybridized carbons (Fsp3) is 0.0909. The number of hydrogen-bond donors (Lipinski definition) is 4. The fourth-order valence-electron chi connectivity index (χ4n) is 2.47. The Kier molecular flexibility index (Phi) is 6.76. The summed E-state index contributed by atoms with van der Waals surface area (Å²) in [5, 5.41) is 2.68. The summed E-state index contributed by atoms with van der Waals surface area (Å²) < 4.78 is 0. The number of hydrogen-bond acceptors (Lipinski definition) is 5. The molecule has 0 bridgehead atoms. The molecule has 0 aliphatic heterocycles. The van der Waals surface area contributed by atoms with E-state index in [0.29, 0.717) is 22.5 Å². The average Bonchev–Trinajstić information content (AvgIpc) is 2.67. The van der Waals surface area contributed by atoms with Crippen LogP contribution < -0.4 is 22.5 Å². The molecule has 0 atom stereocenters. The Morgan fingerprint density at radius 1 is 0.821 bits per heavy atom. The van der Waals surface area contributed by atoms with E-state index in [4.69, 9.17) is 17.2 Å². The van der Waals surface area contributed by atoms with Gasteiger partial charge in [-0.05, 0) is 48.9 Å². The largest absolute Gasteiger partial charge is 0.399 e. The Hall–Kier alpha value is -3.80. The van der Waals surface area contributed by atoms with E-state index in [1.165, 1.54) is 6.92 Å². The van der Waals surface area contributed by atoms with Gasteiger partial charge in [0, 0.05) is 40.8 Å². The van der Waals surface area contributed by atoms with Crippen LogP contribution in [0.15, 0.2) is 66.7 Å². The number of amides is 1. The molecule has 7 N–H and O–H groups in total. The van der Waals surface area contributed by atoms with E-state index in [-0.39, 0.29) is 11.7 Å². The number of nitrogen functional groups attached to an aromatic ring is 3. The highest BCUT2D eigenvalue weighted by atomic mass is 16.1. The standard InChI is InChI=1S/C13H12N2O.C9H12N2O/c14-10-6-7-12(15)11(8-10)13(16)9-4-2-1-3-5-9;1-6-5-8(11-7(2)12)3-4-9(6)10/h1-8H,14-15H2;3-5H,10H2,1-2H3,(H,11,12). The van der Waals surface area contributed by atoms with Crippen molar-refractivity contribution in [3.05, 3.63) is 83.4 Å². The van der Waals surface area contributed by atoms with Gasteiger partial charge in [0.2, 0.25) is 5.91 Å². The van der Waals surface area contributed by atoms with E-state index in [0.717, 1.165) is 16.9 Å². The number of nitrogens with one attached hydrogen (secondary N) is 1. The monoisotopic (exact) mass is 376 g/mol. The van der Waals surface area contributed by atoms with Crippen LogP contribution in [0.25, 0.3) is 0 Å². The second kappa shape index (κ2) is 9.23. The summed E-state index contributed by atoms with van der Waals surface area (Å²) in [6.45, 7) is 3.38. The van der Waals surface area contributed by atoms with Crippen molar-refractivity contribution in [1.82, 2.24) is 0 Å². The maximum atomic E-state index is 12.1. The van der Waals surface area contributed by atoms with Gasteiger partial charge in [0.25, 0.3) is 0 Å². The molecule has 28 heavy (non-hydrogen) atoms. The summed E-state index contributed by atoms with van der Waals surface area (Å²) in [5.41, 5.74) is 21.5. The molecule has 3 aromatic carbocycles. The number of aryl methyl sites for hydroxylation is 1. The second-order valence-corrected chi connectivity index (χ2v) is 6.29. The van der Waals surface area contributed by atoms with Crippen LogP contribution in [-0.2, 0) is 4.79 Å². The van der Waals surface area contributed by atoms with Crippen LogP contribution in [0, 0.1) is 6.92 Å². The third-order valence-electron chi connectivity index (χ3n) is 3.95. The lowest BCUT2D eigenvalue weighted by molar-refractivity contribution is -0.114. The molecule has 0 aliphatic carbocycles. The summed E-state index contributed by atoms with van der Waals surface area (Å²) >= 11 is 0. The van der Waals surface area contributed by atoms with Crippen LogP contribution in [0.3, 0.4) is 0 Å². The number of ketones is 1. The summed E-state index contributed by atoms with van der Waals surface area (Å²) in [7, 11) is 0. The Morgan fingerprint density at radius 3 is 2.07 bits per heavy atom. The Balaban J connectivity index is 0.000000209. The van der Waals surface area contributed by atoms with Crippen molar-refractivity contribution in [1.29, 1.82) is 0 Å². The Labute approximate surface area is 164 Å². The van der Waals surface area contributed by atoms with E-state index in [1.54, 1.807) is 42.5 Å². The van der Waals surface area contributed by atoms with Gasteiger partial charge < -0.3 is 22.5 Å². The van der Waals surface area contributed by atoms with Crippen molar-refractivity contribution in [2.75, 3.05) is 22.5 Å². The predicted molar refractivity (Wildman–Crippen MR) is 115 cm³/mol. The van der Waals surface area contributed by atoms with Crippen LogP contribution in [0.4, 0.5) is 22.7 Å². The third kappa shape index (κ3) is 5.60. The topological polar surface area (TPSA) is 124 Å². The Morgan fingerprint density at radius 2 is 1.46 bits per heavy atom. The molecule has 3 rings (SSSR count). The van der Waals surface area contributed by atoms with Crippen molar-refractivity contribution in [3.8, 4) is 0 Å². The first kappa shape index (κ1) is 20.5. The molecule has 0 saturated carbocycles. The van der Waals surface area contributed by atoms with Crippen LogP contribution in [0.1, 0.15) is 28.4 Å². The third-order valence-corrected chi connectivity index (χ3v) is 3.95. The summed E-state index contributed by atoms with van der Waals surface area (Å²) in [6.07, 6.45) is 0. The van der Waals surface area contributed by atoms with E-state index in [1.807, 2.05) is 31.2 Å². The normalized spacial score (nSPS) is 9.79. The molecule has 0 radical (unpaired) electrons. The first-order valence-electron chi connectivity index (χ1n) is 8.66. The van der Waals surface area contributed by atoms with Crippen LogP contribution >= 0.6 is 0 Å². The van der Waals surface area contributed by atoms with Crippen molar-refractivity contribution in [3.63, 3.8) is 0 Å². The van der Waals surface area contributed by atoms with Gasteiger partial charge in [-0.15, -0.1) is 0 Å². The van der Waals surface area contributed by atoms with Gasteiger partial charge in [-0.25, -0.2) is 0 Å². The fourth-order valence-corrected chi connectivity index (χ4v) is 2.47. The molecule has 0 fully saturated rings. The van der Waals surface area contributed by atoms with Gasteiger partial charge in [-0.3, -0.25) is 9.59 Å². The average molecular weight is 376 g/mol. The maximum absolute atomic E-state index is 12.1. The highest BCUT2D eigenvalue weighted by Gasteiger charge is 2.11. The quantitative estimate of drug-likeness (QED) is 0.410. The highest BCUT2D eigenvalue weighted by Crippen LogP contribution is 2.19. The lowest BCUT2D eigenvalue weighted by atomic mass is 10.0. The van der Waals surface area contributed by atoms with Gasteiger partial charge >= 0.3 is 0 Å². The number of rotatable bonds is 3. The molecular formula is C22H24N4O2. The Bertz CT molecular complexity index is 985. The number of nitrogens with two attached hydrogens (primary N) is 3. The zero-order chi connectivity index (χ0) is 20.7. The number of carbonyl (C=O) groups excluding carboxylic acids is 2. The van der Waals surface area contributed by atoms with Crippen LogP contribution in [0.2, 0.25) is 0 Å². The first-order chi connectivity index (χ1) is 13.3. The molecule has 0 saturated heterocycles. The first-order valence-corrected chi connectivity index (χ1v) is 8.66. The van der Waals surface area contributed by atoms with Gasteiger partial charge in [-0.1, -0.05) is 30.3 Å². The zero-order valence-corrected chi connectivity index (χ0v) is 15.9. The molecule has 0 spiro atoms. The van der Waals surface area contributed by atoms with E-state index >= 15 is 0 Å². The van der Waals surface area contributed by atoms with Crippen molar-refractivity contribution in [2.24, 2.45) is 0 Å². The molecule has 0 heterocycles. The molecular weight excluding hydrogens is 352 g/mol. The summed E-state index contributed by atoms with van der Waals surface area (Å²) in [6, 6.07) is 19.3. The molecule has 0 unspecified atom stereocenters. The lowest BCUT2D eigenvalue weighted by Gasteiger charge is -2.05. The van der Waals surface area contributed by atoms with E-state index in [9.17, 15) is 9.59 Å². The number of benzene rings is 3. The number of anilines is 4. The summed E-state index contributed by atoms with van der Waals surface area (Å²) in [5.74, 6) is -0.176. The van der Waals surface area contributed by atoms with Crippen LogP contribution in [-0.4, -0.2) is 11.7 Å². The molecule has 1 amide bonds. The number of carbonyl (C=O) groups is 2. The second-order valence-electron chi connectivity index (χ2n) is 6.29. The van der Waals surface area contributed by atoms with Gasteiger partial charge in [0.1, 0.15) is 0 Å². The van der Waals surface area contributed by atoms with Crippen molar-refractivity contribution >= 4 is 34.4 Å². The maximum Gasteiger partial charge on any atom is 0.221 e. The van der Waals surface area contributed by atoms with Crippen LogP contribution in [0.5, 0.6) is 0 Å². The minimum atomic E-state index is -0.106. The lowest BCUT2D eigenvalue weighted by Crippen LogP contribution is -2.06. The van der Waals surface area contributed by atoms with E-state index in [2.05, 4.69) is 5.32 Å². The smallest absolute Gasteiger partial charge is 0.221 e. The van der Waals surface area contributed by atoms with Gasteiger partial charge in [-0.2, -0.15) is 0 Å². The molecule has 6 heteroatoms. The molecule has 0 aromatic heterocycles. The van der Waals surface area contributed by atoms with Crippen molar-refractivity contribution < 1.29 is 9.59 Å². The zero-order valence-electron chi connectivity index (χ0n) is 15.9. The highest BCUT2D eigenvalue weighted by molar-refractivity contribution is 6.12. The molecule has 6 nitrogen and oxygen atoms in total. The van der Waals surface area contributed by atoms with Gasteiger partial charge in [0.05, 0.1) is 0 Å². The SMILES string of the molecule is CC(=O)Nc1ccc(N)c(C)c1.Nc1ccc(N)c(C(=O)c2ccccc2)c1. The predicted octanol–water partition coefficient (Wildman–Crippen LogP) is 3.62. The molecule has 144 valence electrons. The minimum Gasteiger partial charge on any atom is -0.399 e. The summed E-state index contributed by atoms with van der Waals surface area (Å²) in [4.78, 5) is 22.8. The van der Waals surface area contributed by atoms with Gasteiger partial charge in [0.15, 0.2) is 5.78 Å².